The summed E-state index contributed by atoms with van der Waals surface area (Å²) in [6.07, 6.45) is 0. The predicted octanol–water partition coefficient (Wildman–Crippen LogP) is 2.25. The second-order valence-corrected chi connectivity index (χ2v) is 4.10. The number of carbonyl (C=O) groups excluding carboxylic acids is 1. The van der Waals surface area contributed by atoms with E-state index in [9.17, 15) is 25.0 Å². The highest BCUT2D eigenvalue weighted by atomic mass is 35.5. The van der Waals surface area contributed by atoms with Gasteiger partial charge in [-0.2, -0.15) is 0 Å². The maximum absolute atomic E-state index is 11.2. The minimum Gasteiger partial charge on any atom is -0.318 e. The fourth-order valence-corrected chi connectivity index (χ4v) is 1.19. The Balaban J connectivity index is 3.16. The number of hydrogen-bond donors (Lipinski definition) is 1. The Morgan fingerprint density at radius 1 is 1.22 bits per heavy atom. The maximum Gasteiger partial charge on any atom is 0.299 e. The van der Waals surface area contributed by atoms with Gasteiger partial charge in [-0.1, -0.05) is 23.2 Å². The topological polar surface area (TPSA) is 115 Å². The van der Waals surface area contributed by atoms with Gasteiger partial charge in [0.1, 0.15) is 5.69 Å². The molecule has 18 heavy (non-hydrogen) atoms. The summed E-state index contributed by atoms with van der Waals surface area (Å²) in [6, 6.07) is 2.78. The normalized spacial score (nSPS) is 10.2. The summed E-state index contributed by atoms with van der Waals surface area (Å²) in [4.78, 5) is 29.3. The highest BCUT2D eigenvalue weighted by Gasteiger charge is 2.22. The molecule has 1 amide bonds. The number of nitrogens with zero attached hydrogens (tertiary/aromatic N) is 2. The maximum atomic E-state index is 11.2. The summed E-state index contributed by atoms with van der Waals surface area (Å²) < 4.78 is 0. The van der Waals surface area contributed by atoms with E-state index in [0.29, 0.717) is 0 Å². The summed E-state index contributed by atoms with van der Waals surface area (Å²) in [5.41, 5.74) is -1.30. The molecule has 0 aromatic heterocycles. The zero-order valence-corrected chi connectivity index (χ0v) is 10.0. The molecule has 0 unspecified atom stereocenters. The number of rotatable bonds is 4. The molecule has 0 fully saturated rings. The van der Waals surface area contributed by atoms with Crippen LogP contribution in [0.1, 0.15) is 0 Å². The van der Waals surface area contributed by atoms with Crippen LogP contribution in [-0.2, 0) is 4.79 Å². The van der Waals surface area contributed by atoms with Crippen LogP contribution in [-0.4, -0.2) is 20.6 Å². The van der Waals surface area contributed by atoms with Crippen LogP contribution in [0.25, 0.3) is 0 Å². The van der Waals surface area contributed by atoms with Gasteiger partial charge in [0, 0.05) is 6.07 Å². The second kappa shape index (κ2) is 5.61. The van der Waals surface area contributed by atoms with Crippen molar-refractivity contribution in [3.05, 3.63) is 38.4 Å². The summed E-state index contributed by atoms with van der Waals surface area (Å²) in [5.74, 6) is -0.865. The molecule has 0 aliphatic heterocycles. The van der Waals surface area contributed by atoms with Crippen LogP contribution >= 0.6 is 23.2 Å². The van der Waals surface area contributed by atoms with Crippen LogP contribution in [0, 0.1) is 20.2 Å². The van der Waals surface area contributed by atoms with Crippen LogP contribution in [0.4, 0.5) is 17.1 Å². The molecule has 0 heterocycles. The third kappa shape index (κ3) is 3.28. The summed E-state index contributed by atoms with van der Waals surface area (Å²) in [5, 5.41) is 23.3. The lowest BCUT2D eigenvalue weighted by molar-refractivity contribution is -0.393. The first kappa shape index (κ1) is 14.1. The number of nitrogens with one attached hydrogen (secondary N) is 1. The highest BCUT2D eigenvalue weighted by molar-refractivity contribution is 6.54. The van der Waals surface area contributed by atoms with Crippen LogP contribution < -0.4 is 5.32 Å². The lowest BCUT2D eigenvalue weighted by atomic mass is 10.2. The van der Waals surface area contributed by atoms with Gasteiger partial charge >= 0.3 is 0 Å². The number of anilines is 1. The first-order valence-electron chi connectivity index (χ1n) is 4.34. The van der Waals surface area contributed by atoms with Gasteiger partial charge in [0.25, 0.3) is 17.3 Å². The molecule has 0 aliphatic rings. The Bertz CT molecular complexity index is 519. The molecule has 0 bridgehead atoms. The molecule has 1 rings (SSSR count). The van der Waals surface area contributed by atoms with Crippen LogP contribution in [0.5, 0.6) is 0 Å². The van der Waals surface area contributed by atoms with E-state index in [1.807, 2.05) is 0 Å². The Kier molecular flexibility index (Phi) is 4.40. The van der Waals surface area contributed by atoms with Crippen molar-refractivity contribution in [3.63, 3.8) is 0 Å². The van der Waals surface area contributed by atoms with Crippen molar-refractivity contribution in [2.75, 3.05) is 5.32 Å². The van der Waals surface area contributed by atoms with Crippen LogP contribution in [0.3, 0.4) is 0 Å². The molecule has 0 saturated heterocycles. The molecule has 1 aromatic rings. The SMILES string of the molecule is O=C(Nc1ccc([N+](=O)[O-])cc1[N+](=O)[O-])C(Cl)Cl. The number of nitro benzene ring substituents is 2. The second-order valence-electron chi connectivity index (χ2n) is 3.01. The van der Waals surface area contributed by atoms with E-state index in [0.717, 1.165) is 18.2 Å². The molecule has 0 aliphatic carbocycles. The number of hydrogen-bond acceptors (Lipinski definition) is 5. The van der Waals surface area contributed by atoms with Crippen molar-refractivity contribution in [1.82, 2.24) is 0 Å². The average molecular weight is 294 g/mol. The summed E-state index contributed by atoms with van der Waals surface area (Å²) >= 11 is 10.5. The number of carbonyl (C=O) groups is 1. The van der Waals surface area contributed by atoms with Gasteiger partial charge in [0.05, 0.1) is 15.9 Å². The molecule has 0 radical (unpaired) electrons. The largest absolute Gasteiger partial charge is 0.318 e. The van der Waals surface area contributed by atoms with E-state index in [1.165, 1.54) is 0 Å². The molecular formula is C8H5Cl2N3O5. The molecule has 1 N–H and O–H groups in total. The van der Waals surface area contributed by atoms with Crippen LogP contribution in [0.2, 0.25) is 0 Å². The zero-order valence-electron chi connectivity index (χ0n) is 8.50. The smallest absolute Gasteiger partial charge is 0.299 e. The molecule has 0 atom stereocenters. The van der Waals surface area contributed by atoms with Crippen LogP contribution in [0.15, 0.2) is 18.2 Å². The fourth-order valence-electron chi connectivity index (χ4n) is 1.08. The molecule has 0 spiro atoms. The van der Waals surface area contributed by atoms with Crippen molar-refractivity contribution < 1.29 is 14.6 Å². The molecule has 8 nitrogen and oxygen atoms in total. The third-order valence-corrected chi connectivity index (χ3v) is 2.24. The number of benzene rings is 1. The lowest BCUT2D eigenvalue weighted by Gasteiger charge is -2.05. The zero-order chi connectivity index (χ0) is 13.9. The first-order valence-corrected chi connectivity index (χ1v) is 5.22. The minimum absolute atomic E-state index is 0.220. The van der Waals surface area contributed by atoms with Gasteiger partial charge in [-0.05, 0) is 6.07 Å². The summed E-state index contributed by atoms with van der Waals surface area (Å²) in [7, 11) is 0. The molecule has 10 heteroatoms. The van der Waals surface area contributed by atoms with Crippen molar-refractivity contribution in [2.45, 2.75) is 4.84 Å². The molecule has 0 saturated carbocycles. The van der Waals surface area contributed by atoms with Gasteiger partial charge in [-0.25, -0.2) is 0 Å². The predicted molar refractivity (Wildman–Crippen MR) is 63.9 cm³/mol. The summed E-state index contributed by atoms with van der Waals surface area (Å²) in [6.45, 7) is 0. The van der Waals surface area contributed by atoms with Gasteiger partial charge < -0.3 is 5.32 Å². The average Bonchev–Trinajstić information content (AvgIpc) is 2.28. The van der Waals surface area contributed by atoms with E-state index < -0.39 is 32.0 Å². The number of halogens is 2. The van der Waals surface area contributed by atoms with Crippen molar-refractivity contribution >= 4 is 46.2 Å². The van der Waals surface area contributed by atoms with E-state index in [4.69, 9.17) is 23.2 Å². The van der Waals surface area contributed by atoms with Gasteiger partial charge in [0.2, 0.25) is 0 Å². The number of amides is 1. The Morgan fingerprint density at radius 2 is 1.83 bits per heavy atom. The van der Waals surface area contributed by atoms with Crippen molar-refractivity contribution in [1.29, 1.82) is 0 Å². The van der Waals surface area contributed by atoms with Crippen molar-refractivity contribution in [3.8, 4) is 0 Å². The van der Waals surface area contributed by atoms with Gasteiger partial charge in [0.15, 0.2) is 4.84 Å². The monoisotopic (exact) mass is 293 g/mol. The van der Waals surface area contributed by atoms with E-state index in [1.54, 1.807) is 0 Å². The molecule has 1 aromatic carbocycles. The third-order valence-electron chi connectivity index (χ3n) is 1.84. The standard InChI is InChI=1S/C8H5Cl2N3O5/c9-7(10)8(14)11-5-2-1-4(12(15)16)3-6(5)13(17)18/h1-3,7H,(H,11,14). The number of nitro groups is 2. The molecule has 96 valence electrons. The lowest BCUT2D eigenvalue weighted by Crippen LogP contribution is -2.19. The van der Waals surface area contributed by atoms with E-state index >= 15 is 0 Å². The quantitative estimate of drug-likeness (QED) is 0.519. The van der Waals surface area contributed by atoms with Crippen molar-refractivity contribution in [2.24, 2.45) is 0 Å². The molecular weight excluding hydrogens is 289 g/mol. The number of alkyl halides is 2. The Labute approximate surface area is 110 Å². The fraction of sp³-hybridized carbons (Fsp3) is 0.125. The number of non-ortho nitro benzene ring substituents is 1. The van der Waals surface area contributed by atoms with Gasteiger partial charge in [-0.15, -0.1) is 0 Å². The Morgan fingerprint density at radius 3 is 2.28 bits per heavy atom. The van der Waals surface area contributed by atoms with E-state index in [2.05, 4.69) is 5.32 Å². The van der Waals surface area contributed by atoms with Gasteiger partial charge in [-0.3, -0.25) is 25.0 Å². The minimum atomic E-state index is -1.40. The highest BCUT2D eigenvalue weighted by Crippen LogP contribution is 2.29. The first-order chi connectivity index (χ1) is 8.32. The Hall–Kier alpha value is -1.93. The van der Waals surface area contributed by atoms with E-state index in [-0.39, 0.29) is 5.69 Å².